The molecular formula is C13H24N4. The number of hydrogen-bond acceptors (Lipinski definition) is 4. The van der Waals surface area contributed by atoms with E-state index < -0.39 is 0 Å². The molecule has 1 rings (SSSR count). The van der Waals surface area contributed by atoms with E-state index in [0.29, 0.717) is 11.9 Å². The van der Waals surface area contributed by atoms with Crippen molar-refractivity contribution in [1.82, 2.24) is 9.97 Å². The van der Waals surface area contributed by atoms with Gasteiger partial charge in [0.25, 0.3) is 0 Å². The maximum Gasteiger partial charge on any atom is 0.135 e. The van der Waals surface area contributed by atoms with Gasteiger partial charge in [0.1, 0.15) is 17.5 Å². The molecule has 0 radical (unpaired) electrons. The molecule has 0 saturated heterocycles. The standard InChI is InChI=1S/C13H24N4/c1-8(2)12-16-10(14)7-11(17-12)15-9(3)13(4,5)6/h7-9H,1-6H3,(H3,14,15,16,17). The van der Waals surface area contributed by atoms with Gasteiger partial charge in [-0.1, -0.05) is 34.6 Å². The number of rotatable bonds is 3. The highest BCUT2D eigenvalue weighted by molar-refractivity contribution is 5.45. The van der Waals surface area contributed by atoms with Crippen LogP contribution < -0.4 is 11.1 Å². The molecule has 4 nitrogen and oxygen atoms in total. The van der Waals surface area contributed by atoms with Crippen LogP contribution in [-0.2, 0) is 0 Å². The molecule has 96 valence electrons. The molecule has 0 fully saturated rings. The summed E-state index contributed by atoms with van der Waals surface area (Å²) in [5, 5.41) is 3.39. The SMILES string of the molecule is CC(C)c1nc(N)cc(NC(C)C(C)(C)C)n1. The Balaban J connectivity index is 2.92. The molecule has 0 saturated carbocycles. The maximum absolute atomic E-state index is 5.79. The van der Waals surface area contributed by atoms with Crippen LogP contribution in [0, 0.1) is 5.41 Å². The summed E-state index contributed by atoms with van der Waals surface area (Å²) < 4.78 is 0. The minimum atomic E-state index is 0.178. The number of nitrogens with two attached hydrogens (primary N) is 1. The summed E-state index contributed by atoms with van der Waals surface area (Å²) in [5.74, 6) is 2.40. The van der Waals surface area contributed by atoms with Crippen molar-refractivity contribution < 1.29 is 0 Å². The van der Waals surface area contributed by atoms with Gasteiger partial charge in [0.2, 0.25) is 0 Å². The van der Waals surface area contributed by atoms with Crippen LogP contribution >= 0.6 is 0 Å². The van der Waals surface area contributed by atoms with E-state index in [1.54, 1.807) is 6.07 Å². The smallest absolute Gasteiger partial charge is 0.135 e. The third-order valence-corrected chi connectivity index (χ3v) is 2.94. The fourth-order valence-corrected chi connectivity index (χ4v) is 1.26. The van der Waals surface area contributed by atoms with Crippen molar-refractivity contribution in [3.05, 3.63) is 11.9 Å². The number of anilines is 2. The molecule has 4 heteroatoms. The summed E-state index contributed by atoms with van der Waals surface area (Å²) in [6.45, 7) is 12.8. The molecular weight excluding hydrogens is 212 g/mol. The summed E-state index contributed by atoms with van der Waals surface area (Å²) in [6.07, 6.45) is 0. The van der Waals surface area contributed by atoms with Crippen molar-refractivity contribution in [1.29, 1.82) is 0 Å². The van der Waals surface area contributed by atoms with E-state index in [1.807, 2.05) is 0 Å². The summed E-state index contributed by atoms with van der Waals surface area (Å²) in [4.78, 5) is 8.71. The summed E-state index contributed by atoms with van der Waals surface area (Å²) in [5.41, 5.74) is 5.97. The van der Waals surface area contributed by atoms with E-state index in [-0.39, 0.29) is 11.3 Å². The Morgan fingerprint density at radius 1 is 1.18 bits per heavy atom. The van der Waals surface area contributed by atoms with E-state index in [9.17, 15) is 0 Å². The van der Waals surface area contributed by atoms with E-state index in [4.69, 9.17) is 5.73 Å². The number of nitrogens with one attached hydrogen (secondary N) is 1. The lowest BCUT2D eigenvalue weighted by molar-refractivity contribution is 0.358. The van der Waals surface area contributed by atoms with Crippen LogP contribution in [0.3, 0.4) is 0 Å². The molecule has 0 aromatic carbocycles. The second kappa shape index (κ2) is 4.90. The molecule has 17 heavy (non-hydrogen) atoms. The quantitative estimate of drug-likeness (QED) is 0.846. The van der Waals surface area contributed by atoms with Gasteiger partial charge < -0.3 is 11.1 Å². The minimum Gasteiger partial charge on any atom is -0.384 e. The molecule has 0 amide bonds. The third kappa shape index (κ3) is 3.88. The van der Waals surface area contributed by atoms with Crippen molar-refractivity contribution in [2.75, 3.05) is 11.1 Å². The maximum atomic E-state index is 5.79. The molecule has 1 unspecified atom stereocenters. The van der Waals surface area contributed by atoms with Crippen LogP contribution in [0.1, 0.15) is 53.3 Å². The zero-order valence-corrected chi connectivity index (χ0v) is 11.7. The van der Waals surface area contributed by atoms with Crippen LogP contribution in [0.15, 0.2) is 6.07 Å². The molecule has 1 aromatic rings. The van der Waals surface area contributed by atoms with Gasteiger partial charge in [-0.15, -0.1) is 0 Å². The van der Waals surface area contributed by atoms with Crippen molar-refractivity contribution in [3.8, 4) is 0 Å². The summed E-state index contributed by atoms with van der Waals surface area (Å²) in [6, 6.07) is 2.10. The van der Waals surface area contributed by atoms with E-state index in [1.165, 1.54) is 0 Å². The number of aromatic nitrogens is 2. The van der Waals surface area contributed by atoms with Crippen LogP contribution in [0.5, 0.6) is 0 Å². The molecule has 1 aromatic heterocycles. The van der Waals surface area contributed by atoms with Gasteiger partial charge >= 0.3 is 0 Å². The highest BCUT2D eigenvalue weighted by Crippen LogP contribution is 2.23. The number of nitrogens with zero attached hydrogens (tertiary/aromatic N) is 2. The van der Waals surface area contributed by atoms with Crippen LogP contribution in [0.4, 0.5) is 11.6 Å². The molecule has 3 N–H and O–H groups in total. The zero-order chi connectivity index (χ0) is 13.2. The molecule has 0 aliphatic rings. The van der Waals surface area contributed by atoms with Crippen LogP contribution in [0.2, 0.25) is 0 Å². The van der Waals surface area contributed by atoms with Gasteiger partial charge in [-0.3, -0.25) is 0 Å². The third-order valence-electron chi connectivity index (χ3n) is 2.94. The van der Waals surface area contributed by atoms with Crippen LogP contribution in [0.25, 0.3) is 0 Å². The Hall–Kier alpha value is -1.32. The van der Waals surface area contributed by atoms with Crippen molar-refractivity contribution in [2.45, 2.75) is 53.5 Å². The topological polar surface area (TPSA) is 63.8 Å². The van der Waals surface area contributed by atoms with Crippen molar-refractivity contribution in [3.63, 3.8) is 0 Å². The highest BCUT2D eigenvalue weighted by Gasteiger charge is 2.20. The van der Waals surface area contributed by atoms with E-state index >= 15 is 0 Å². The predicted molar refractivity (Wildman–Crippen MR) is 73.1 cm³/mol. The first-order valence-corrected chi connectivity index (χ1v) is 6.11. The summed E-state index contributed by atoms with van der Waals surface area (Å²) >= 11 is 0. The molecule has 0 spiro atoms. The fraction of sp³-hybridized carbons (Fsp3) is 0.692. The van der Waals surface area contributed by atoms with Gasteiger partial charge in [0.15, 0.2) is 0 Å². The summed E-state index contributed by atoms with van der Waals surface area (Å²) in [7, 11) is 0. The largest absolute Gasteiger partial charge is 0.384 e. The zero-order valence-electron chi connectivity index (χ0n) is 11.7. The normalized spacial score (nSPS) is 13.8. The van der Waals surface area contributed by atoms with E-state index in [0.717, 1.165) is 11.6 Å². The van der Waals surface area contributed by atoms with Crippen molar-refractivity contribution >= 4 is 11.6 Å². The minimum absolute atomic E-state index is 0.178. The van der Waals surface area contributed by atoms with Gasteiger partial charge in [-0.25, -0.2) is 9.97 Å². The molecule has 1 heterocycles. The average Bonchev–Trinajstić information content (AvgIpc) is 2.14. The first-order chi connectivity index (χ1) is 7.70. The first kappa shape index (κ1) is 13.7. The Morgan fingerprint density at radius 3 is 2.24 bits per heavy atom. The molecule has 1 atom stereocenters. The monoisotopic (exact) mass is 236 g/mol. The highest BCUT2D eigenvalue weighted by atomic mass is 15.1. The van der Waals surface area contributed by atoms with Gasteiger partial charge in [-0.05, 0) is 12.3 Å². The second-order valence-corrected chi connectivity index (χ2v) is 5.92. The second-order valence-electron chi connectivity index (χ2n) is 5.92. The molecule has 0 aliphatic carbocycles. The first-order valence-electron chi connectivity index (χ1n) is 6.11. The number of nitrogen functional groups attached to an aromatic ring is 1. The lowest BCUT2D eigenvalue weighted by Crippen LogP contribution is -2.31. The number of hydrogen-bond donors (Lipinski definition) is 2. The Bertz CT molecular complexity index is 379. The molecule has 0 aliphatic heterocycles. The fourth-order valence-electron chi connectivity index (χ4n) is 1.26. The van der Waals surface area contributed by atoms with Gasteiger partial charge in [-0.2, -0.15) is 0 Å². The lowest BCUT2D eigenvalue weighted by Gasteiger charge is -2.28. The van der Waals surface area contributed by atoms with Crippen LogP contribution in [-0.4, -0.2) is 16.0 Å². The van der Waals surface area contributed by atoms with Gasteiger partial charge in [0, 0.05) is 18.0 Å². The predicted octanol–water partition coefficient (Wildman–Crippen LogP) is 3.03. The molecule has 0 bridgehead atoms. The Labute approximate surface area is 104 Å². The van der Waals surface area contributed by atoms with E-state index in [2.05, 4.69) is 56.8 Å². The lowest BCUT2D eigenvalue weighted by atomic mass is 9.88. The average molecular weight is 236 g/mol. The Kier molecular flexibility index (Phi) is 3.96. The van der Waals surface area contributed by atoms with Gasteiger partial charge in [0.05, 0.1) is 0 Å². The Morgan fingerprint density at radius 2 is 1.76 bits per heavy atom. The van der Waals surface area contributed by atoms with Crippen molar-refractivity contribution in [2.24, 2.45) is 5.41 Å².